The molecule has 2 N–H and O–H groups in total. The lowest BCUT2D eigenvalue weighted by Crippen LogP contribution is -2.38. The van der Waals surface area contributed by atoms with Gasteiger partial charge in [0, 0.05) is 32.5 Å². The molecule has 0 saturated carbocycles. The van der Waals surface area contributed by atoms with Crippen molar-refractivity contribution in [1.29, 1.82) is 0 Å². The Balaban J connectivity index is 0.00000324. The van der Waals surface area contributed by atoms with Gasteiger partial charge in [-0.1, -0.05) is 25.8 Å². The van der Waals surface area contributed by atoms with E-state index in [0.717, 1.165) is 25.5 Å². The maximum Gasteiger partial charge on any atom is 0.190 e. The van der Waals surface area contributed by atoms with Crippen molar-refractivity contribution in [3.8, 4) is 0 Å². The molecule has 0 atom stereocenters. The quantitative estimate of drug-likeness (QED) is 0.333. The molecule has 0 spiro atoms. The molecular formula is C14H25IN4. The van der Waals surface area contributed by atoms with Crippen LogP contribution in [0.4, 0.5) is 0 Å². The normalized spacial score (nSPS) is 10.7. The second kappa shape index (κ2) is 12.2. The molecule has 1 aromatic rings. The van der Waals surface area contributed by atoms with Crippen molar-refractivity contribution < 1.29 is 0 Å². The van der Waals surface area contributed by atoms with Crippen molar-refractivity contribution in [3.63, 3.8) is 0 Å². The zero-order valence-electron chi connectivity index (χ0n) is 11.9. The maximum atomic E-state index is 4.20. The van der Waals surface area contributed by atoms with Crippen molar-refractivity contribution >= 4 is 29.9 Å². The number of pyridine rings is 1. The average molecular weight is 376 g/mol. The van der Waals surface area contributed by atoms with Crippen LogP contribution in [0.25, 0.3) is 0 Å². The van der Waals surface area contributed by atoms with Gasteiger partial charge in [-0.25, -0.2) is 0 Å². The van der Waals surface area contributed by atoms with Gasteiger partial charge in [0.1, 0.15) is 0 Å². The third kappa shape index (κ3) is 8.80. The molecule has 0 aliphatic heterocycles. The van der Waals surface area contributed by atoms with Crippen LogP contribution in [-0.2, 0) is 6.42 Å². The number of nitrogens with zero attached hydrogens (tertiary/aromatic N) is 2. The van der Waals surface area contributed by atoms with Crippen molar-refractivity contribution in [1.82, 2.24) is 15.6 Å². The van der Waals surface area contributed by atoms with Gasteiger partial charge in [-0.3, -0.25) is 9.98 Å². The van der Waals surface area contributed by atoms with Gasteiger partial charge in [0.25, 0.3) is 0 Å². The zero-order valence-corrected chi connectivity index (χ0v) is 14.2. The first-order valence-corrected chi connectivity index (χ1v) is 6.70. The van der Waals surface area contributed by atoms with Crippen LogP contribution < -0.4 is 10.6 Å². The van der Waals surface area contributed by atoms with Crippen molar-refractivity contribution in [2.24, 2.45) is 4.99 Å². The molecule has 0 fully saturated rings. The Bertz CT molecular complexity index is 341. The third-order valence-electron chi connectivity index (χ3n) is 2.73. The van der Waals surface area contributed by atoms with Crippen molar-refractivity contribution in [2.45, 2.75) is 32.6 Å². The van der Waals surface area contributed by atoms with Gasteiger partial charge in [0.15, 0.2) is 5.96 Å². The highest BCUT2D eigenvalue weighted by Gasteiger charge is 1.97. The number of aromatic nitrogens is 1. The maximum absolute atomic E-state index is 4.20. The van der Waals surface area contributed by atoms with E-state index in [0.29, 0.717) is 0 Å². The molecule has 1 rings (SSSR count). The van der Waals surface area contributed by atoms with Gasteiger partial charge in [-0.05, 0) is 24.5 Å². The standard InChI is InChI=1S/C14H24N4.HI/c1-3-4-5-10-17-14(15-2)18-11-8-13-7-6-9-16-12-13;/h6-7,9,12H,3-5,8,10-11H2,1-2H3,(H2,15,17,18);1H. The molecule has 0 aliphatic rings. The second-order valence-electron chi connectivity index (χ2n) is 4.24. The number of halogens is 1. The molecule has 0 amide bonds. The van der Waals surface area contributed by atoms with Crippen LogP contribution in [0.5, 0.6) is 0 Å². The van der Waals surface area contributed by atoms with Crippen LogP contribution in [0, 0.1) is 0 Å². The molecule has 1 heterocycles. The summed E-state index contributed by atoms with van der Waals surface area (Å²) >= 11 is 0. The second-order valence-corrected chi connectivity index (χ2v) is 4.24. The predicted molar refractivity (Wildman–Crippen MR) is 92.2 cm³/mol. The minimum absolute atomic E-state index is 0. The minimum atomic E-state index is 0. The highest BCUT2D eigenvalue weighted by Crippen LogP contribution is 1.95. The summed E-state index contributed by atoms with van der Waals surface area (Å²) in [6.45, 7) is 4.07. The zero-order chi connectivity index (χ0) is 13.1. The van der Waals surface area contributed by atoms with Crippen LogP contribution in [0.15, 0.2) is 29.5 Å². The number of guanidine groups is 1. The van der Waals surface area contributed by atoms with E-state index >= 15 is 0 Å². The lowest BCUT2D eigenvalue weighted by Gasteiger charge is -2.11. The molecule has 108 valence electrons. The highest BCUT2D eigenvalue weighted by molar-refractivity contribution is 14.0. The first kappa shape index (κ1) is 18.1. The van der Waals surface area contributed by atoms with Crippen LogP contribution in [0.3, 0.4) is 0 Å². The topological polar surface area (TPSA) is 49.3 Å². The molecule has 0 radical (unpaired) electrons. The highest BCUT2D eigenvalue weighted by atomic mass is 127. The lowest BCUT2D eigenvalue weighted by molar-refractivity contribution is 0.682. The summed E-state index contributed by atoms with van der Waals surface area (Å²) in [7, 11) is 1.80. The Kier molecular flexibility index (Phi) is 11.7. The first-order valence-electron chi connectivity index (χ1n) is 6.70. The third-order valence-corrected chi connectivity index (χ3v) is 2.73. The van der Waals surface area contributed by atoms with E-state index < -0.39 is 0 Å². The molecular weight excluding hydrogens is 351 g/mol. The number of nitrogens with one attached hydrogen (secondary N) is 2. The van der Waals surface area contributed by atoms with E-state index in [-0.39, 0.29) is 24.0 Å². The summed E-state index contributed by atoms with van der Waals surface area (Å²) in [4.78, 5) is 8.29. The number of hydrogen-bond acceptors (Lipinski definition) is 2. The average Bonchev–Trinajstić information content (AvgIpc) is 2.42. The van der Waals surface area contributed by atoms with Crippen LogP contribution in [0.1, 0.15) is 31.7 Å². The van der Waals surface area contributed by atoms with Crippen molar-refractivity contribution in [3.05, 3.63) is 30.1 Å². The van der Waals surface area contributed by atoms with E-state index in [2.05, 4.69) is 33.6 Å². The van der Waals surface area contributed by atoms with Gasteiger partial charge in [0.05, 0.1) is 0 Å². The van der Waals surface area contributed by atoms with Gasteiger partial charge in [-0.15, -0.1) is 24.0 Å². The number of aliphatic imine (C=N–C) groups is 1. The Morgan fingerprint density at radius 1 is 1.26 bits per heavy atom. The SMILES string of the molecule is CCCCCNC(=NC)NCCc1cccnc1.I. The van der Waals surface area contributed by atoms with Crippen LogP contribution in [-0.4, -0.2) is 31.1 Å². The summed E-state index contributed by atoms with van der Waals surface area (Å²) in [5.74, 6) is 0.884. The number of unbranched alkanes of at least 4 members (excludes halogenated alkanes) is 2. The van der Waals surface area contributed by atoms with E-state index in [1.807, 2.05) is 12.3 Å². The Morgan fingerprint density at radius 2 is 2.05 bits per heavy atom. The summed E-state index contributed by atoms with van der Waals surface area (Å²) < 4.78 is 0. The summed E-state index contributed by atoms with van der Waals surface area (Å²) in [6.07, 6.45) is 8.36. The monoisotopic (exact) mass is 376 g/mol. The summed E-state index contributed by atoms with van der Waals surface area (Å²) in [5.41, 5.74) is 1.24. The Morgan fingerprint density at radius 3 is 2.68 bits per heavy atom. The molecule has 0 bridgehead atoms. The molecule has 5 heteroatoms. The first-order chi connectivity index (χ1) is 8.86. The lowest BCUT2D eigenvalue weighted by atomic mass is 10.2. The fraction of sp³-hybridized carbons (Fsp3) is 0.571. The fourth-order valence-electron chi connectivity index (χ4n) is 1.67. The van der Waals surface area contributed by atoms with E-state index in [1.165, 1.54) is 24.8 Å². The van der Waals surface area contributed by atoms with Crippen LogP contribution in [0.2, 0.25) is 0 Å². The largest absolute Gasteiger partial charge is 0.356 e. The number of hydrogen-bond donors (Lipinski definition) is 2. The van der Waals surface area contributed by atoms with Gasteiger partial charge >= 0.3 is 0 Å². The fourth-order valence-corrected chi connectivity index (χ4v) is 1.67. The Hall–Kier alpha value is -0.850. The molecule has 19 heavy (non-hydrogen) atoms. The van der Waals surface area contributed by atoms with E-state index in [9.17, 15) is 0 Å². The van der Waals surface area contributed by atoms with Crippen molar-refractivity contribution in [2.75, 3.05) is 20.1 Å². The van der Waals surface area contributed by atoms with E-state index in [4.69, 9.17) is 0 Å². The summed E-state index contributed by atoms with van der Waals surface area (Å²) in [6, 6.07) is 4.05. The van der Waals surface area contributed by atoms with Gasteiger partial charge in [0.2, 0.25) is 0 Å². The van der Waals surface area contributed by atoms with Gasteiger partial charge < -0.3 is 10.6 Å². The van der Waals surface area contributed by atoms with Crippen LogP contribution >= 0.6 is 24.0 Å². The van der Waals surface area contributed by atoms with E-state index in [1.54, 1.807) is 13.2 Å². The minimum Gasteiger partial charge on any atom is -0.356 e. The molecule has 0 aliphatic carbocycles. The Labute approximate surface area is 133 Å². The molecule has 0 aromatic carbocycles. The molecule has 0 unspecified atom stereocenters. The number of rotatable bonds is 7. The summed E-state index contributed by atoms with van der Waals surface area (Å²) in [5, 5.41) is 6.62. The predicted octanol–water partition coefficient (Wildman–Crippen LogP) is 2.60. The van der Waals surface area contributed by atoms with Gasteiger partial charge in [-0.2, -0.15) is 0 Å². The molecule has 0 saturated heterocycles. The molecule has 1 aromatic heterocycles. The molecule has 4 nitrogen and oxygen atoms in total. The smallest absolute Gasteiger partial charge is 0.190 e.